The van der Waals surface area contributed by atoms with E-state index in [-0.39, 0.29) is 15.6 Å². The van der Waals surface area contributed by atoms with E-state index in [0.29, 0.717) is 0 Å². The monoisotopic (exact) mass is 404 g/mol. The Hall–Kier alpha value is -0.850. The highest BCUT2D eigenvalue weighted by Gasteiger charge is 2.30. The van der Waals surface area contributed by atoms with Crippen LogP contribution in [0.1, 0.15) is 16.0 Å². The van der Waals surface area contributed by atoms with Crippen LogP contribution in [0, 0.1) is 29.1 Å². The number of alkyl halides is 1. The predicted octanol–water partition coefficient (Wildman–Crippen LogP) is 6.17. The lowest BCUT2D eigenvalue weighted by molar-refractivity contribution is 0.371. The number of benzene rings is 2. The molecule has 112 valence electrons. The molecule has 21 heavy (non-hydrogen) atoms. The second-order valence-electron chi connectivity index (χ2n) is 4.01. The SMILES string of the molecule is Fc1c(F)c(F)c(C(Br)c2ccc(Cl)cc2Cl)c(F)c1F. The van der Waals surface area contributed by atoms with E-state index in [0.717, 1.165) is 0 Å². The predicted molar refractivity (Wildman–Crippen MR) is 73.5 cm³/mol. The summed E-state index contributed by atoms with van der Waals surface area (Å²) in [4.78, 5) is -1.33. The maximum Gasteiger partial charge on any atom is 0.200 e. The van der Waals surface area contributed by atoms with Gasteiger partial charge in [-0.15, -0.1) is 0 Å². The quantitative estimate of drug-likeness (QED) is 0.242. The molecule has 8 heteroatoms. The fourth-order valence-corrected chi connectivity index (χ4v) is 3.16. The molecule has 0 radical (unpaired) electrons. The van der Waals surface area contributed by atoms with Crippen molar-refractivity contribution in [3.05, 3.63) is 68.5 Å². The average Bonchev–Trinajstić information content (AvgIpc) is 2.43. The second-order valence-corrected chi connectivity index (χ2v) is 5.77. The van der Waals surface area contributed by atoms with Crippen molar-refractivity contribution in [3.8, 4) is 0 Å². The molecule has 0 nitrogen and oxygen atoms in total. The summed E-state index contributed by atoms with van der Waals surface area (Å²) < 4.78 is 66.9. The van der Waals surface area contributed by atoms with Gasteiger partial charge in [-0.1, -0.05) is 45.2 Å². The van der Waals surface area contributed by atoms with Crippen LogP contribution in [0.3, 0.4) is 0 Å². The summed E-state index contributed by atoms with van der Waals surface area (Å²) in [6.07, 6.45) is 0. The van der Waals surface area contributed by atoms with Gasteiger partial charge in [0.25, 0.3) is 0 Å². The molecule has 0 aliphatic carbocycles. The fourth-order valence-electron chi connectivity index (χ4n) is 1.71. The summed E-state index contributed by atoms with van der Waals surface area (Å²) in [5.41, 5.74) is -0.903. The van der Waals surface area contributed by atoms with Crippen molar-refractivity contribution in [2.75, 3.05) is 0 Å². The third kappa shape index (κ3) is 2.89. The first-order valence-electron chi connectivity index (χ1n) is 5.36. The van der Waals surface area contributed by atoms with Crippen LogP contribution in [-0.2, 0) is 0 Å². The van der Waals surface area contributed by atoms with Gasteiger partial charge in [0.15, 0.2) is 23.3 Å². The smallest absolute Gasteiger partial charge is 0.200 e. The summed E-state index contributed by atoms with van der Waals surface area (Å²) in [5, 5.41) is 0.286. The van der Waals surface area contributed by atoms with Gasteiger partial charge in [0, 0.05) is 15.6 Å². The molecule has 0 bridgehead atoms. The van der Waals surface area contributed by atoms with Crippen molar-refractivity contribution >= 4 is 39.1 Å². The highest BCUT2D eigenvalue weighted by molar-refractivity contribution is 9.09. The molecular weight excluding hydrogens is 402 g/mol. The first kappa shape index (κ1) is 16.5. The Bertz CT molecular complexity index is 691. The number of hydrogen-bond donors (Lipinski definition) is 0. The zero-order valence-electron chi connectivity index (χ0n) is 9.83. The molecule has 0 aliphatic rings. The first-order chi connectivity index (χ1) is 9.75. The van der Waals surface area contributed by atoms with Crippen LogP contribution >= 0.6 is 39.1 Å². The normalized spacial score (nSPS) is 12.6. The molecule has 2 aromatic rings. The molecule has 0 heterocycles. The largest absolute Gasteiger partial charge is 0.203 e. The van der Waals surface area contributed by atoms with Gasteiger partial charge in [-0.05, 0) is 17.7 Å². The molecular formula is C13H4BrCl2F5. The topological polar surface area (TPSA) is 0 Å². The van der Waals surface area contributed by atoms with Crippen LogP contribution < -0.4 is 0 Å². The Kier molecular flexibility index (Phi) is 4.80. The molecule has 0 saturated heterocycles. The van der Waals surface area contributed by atoms with E-state index in [1.54, 1.807) is 0 Å². The van der Waals surface area contributed by atoms with E-state index in [2.05, 4.69) is 15.9 Å². The van der Waals surface area contributed by atoms with Gasteiger partial charge in [0.1, 0.15) is 0 Å². The van der Waals surface area contributed by atoms with Gasteiger partial charge in [0.05, 0.1) is 4.83 Å². The lowest BCUT2D eigenvalue weighted by atomic mass is 10.0. The maximum atomic E-state index is 13.7. The minimum Gasteiger partial charge on any atom is -0.203 e. The average molecular weight is 406 g/mol. The molecule has 0 aliphatic heterocycles. The lowest BCUT2D eigenvalue weighted by Gasteiger charge is -2.15. The summed E-state index contributed by atoms with van der Waals surface area (Å²) in [5.74, 6) is -10.1. The minimum atomic E-state index is -2.21. The first-order valence-corrected chi connectivity index (χ1v) is 7.03. The van der Waals surface area contributed by atoms with E-state index in [4.69, 9.17) is 23.2 Å². The molecule has 1 unspecified atom stereocenters. The standard InChI is InChI=1S/C13H4BrCl2F5/c14-8(5-2-1-4(15)3-6(5)16)7-9(17)11(19)13(21)12(20)10(7)18/h1-3,8H. The Morgan fingerprint density at radius 2 is 1.29 bits per heavy atom. The lowest BCUT2D eigenvalue weighted by Crippen LogP contribution is -2.09. The summed E-state index contributed by atoms with van der Waals surface area (Å²) in [6, 6.07) is 3.99. The number of hydrogen-bond acceptors (Lipinski definition) is 0. The second kappa shape index (κ2) is 6.10. The molecule has 0 spiro atoms. The van der Waals surface area contributed by atoms with E-state index in [1.165, 1.54) is 18.2 Å². The van der Waals surface area contributed by atoms with Crippen molar-refractivity contribution in [2.24, 2.45) is 0 Å². The highest BCUT2D eigenvalue weighted by Crippen LogP contribution is 2.40. The number of halogens is 8. The molecule has 0 aromatic heterocycles. The highest BCUT2D eigenvalue weighted by atomic mass is 79.9. The fraction of sp³-hybridized carbons (Fsp3) is 0.0769. The van der Waals surface area contributed by atoms with Crippen LogP contribution in [0.4, 0.5) is 22.0 Å². The third-order valence-corrected chi connectivity index (χ3v) is 4.25. The Labute approximate surface area is 134 Å². The molecule has 0 saturated carbocycles. The Balaban J connectivity index is 2.66. The van der Waals surface area contributed by atoms with Crippen LogP contribution in [0.5, 0.6) is 0 Å². The van der Waals surface area contributed by atoms with Crippen LogP contribution in [0.25, 0.3) is 0 Å². The van der Waals surface area contributed by atoms with Crippen LogP contribution in [0.2, 0.25) is 10.0 Å². The van der Waals surface area contributed by atoms with Gasteiger partial charge in [0.2, 0.25) is 5.82 Å². The van der Waals surface area contributed by atoms with Gasteiger partial charge >= 0.3 is 0 Å². The molecule has 0 N–H and O–H groups in total. The third-order valence-electron chi connectivity index (χ3n) is 2.73. The van der Waals surface area contributed by atoms with E-state index >= 15 is 0 Å². The number of rotatable bonds is 2. The van der Waals surface area contributed by atoms with Gasteiger partial charge in [-0.2, -0.15) is 0 Å². The van der Waals surface area contributed by atoms with Crippen molar-refractivity contribution < 1.29 is 22.0 Å². The summed E-state index contributed by atoms with van der Waals surface area (Å²) in [6.45, 7) is 0. The van der Waals surface area contributed by atoms with Gasteiger partial charge < -0.3 is 0 Å². The van der Waals surface area contributed by atoms with Gasteiger partial charge in [-0.3, -0.25) is 0 Å². The van der Waals surface area contributed by atoms with Crippen molar-refractivity contribution in [3.63, 3.8) is 0 Å². The molecule has 1 atom stereocenters. The van der Waals surface area contributed by atoms with E-state index in [1.807, 2.05) is 0 Å². The zero-order valence-corrected chi connectivity index (χ0v) is 12.9. The summed E-state index contributed by atoms with van der Waals surface area (Å²) >= 11 is 14.5. The van der Waals surface area contributed by atoms with Gasteiger partial charge in [-0.25, -0.2) is 22.0 Å². The van der Waals surface area contributed by atoms with Crippen molar-refractivity contribution in [1.29, 1.82) is 0 Å². The molecule has 2 aromatic carbocycles. The summed E-state index contributed by atoms with van der Waals surface area (Å²) in [7, 11) is 0. The molecule has 2 rings (SSSR count). The molecule has 0 fully saturated rings. The van der Waals surface area contributed by atoms with Crippen molar-refractivity contribution in [1.82, 2.24) is 0 Å². The van der Waals surface area contributed by atoms with E-state index in [9.17, 15) is 22.0 Å². The minimum absolute atomic E-state index is 0.0216. The Morgan fingerprint density at radius 3 is 1.76 bits per heavy atom. The van der Waals surface area contributed by atoms with Crippen LogP contribution in [0.15, 0.2) is 18.2 Å². The maximum absolute atomic E-state index is 13.7. The van der Waals surface area contributed by atoms with Crippen LogP contribution in [-0.4, -0.2) is 0 Å². The van der Waals surface area contributed by atoms with Crippen molar-refractivity contribution in [2.45, 2.75) is 4.83 Å². The zero-order chi connectivity index (χ0) is 15.9. The Morgan fingerprint density at radius 1 is 0.810 bits per heavy atom. The molecule has 0 amide bonds. The van der Waals surface area contributed by atoms with E-state index < -0.39 is 39.5 Å².